The number of amides is 1. The Morgan fingerprint density at radius 1 is 1.29 bits per heavy atom. The van der Waals surface area contributed by atoms with Crippen LogP contribution in [0.1, 0.15) is 17.0 Å². The summed E-state index contributed by atoms with van der Waals surface area (Å²) in [4.78, 5) is 16.7. The Morgan fingerprint density at radius 3 is 2.82 bits per heavy atom. The number of hydrogen-bond donors (Lipinski definition) is 0. The van der Waals surface area contributed by atoms with Gasteiger partial charge in [-0.25, -0.2) is 4.98 Å². The first-order valence-electron chi connectivity index (χ1n) is 5.59. The van der Waals surface area contributed by atoms with Crippen LogP contribution in [-0.4, -0.2) is 20.9 Å². The standard InChI is InChI=1S/C13H13N3O/c1-10-14-4-5-16(10)13-3-2-11-7-15(9-17)8-12(11)6-13/h2-6,9H,7-8H2,1H3. The van der Waals surface area contributed by atoms with E-state index in [0.717, 1.165) is 24.5 Å². The van der Waals surface area contributed by atoms with Gasteiger partial charge in [0, 0.05) is 31.2 Å². The first-order chi connectivity index (χ1) is 8.28. The summed E-state index contributed by atoms with van der Waals surface area (Å²) in [5.74, 6) is 0.968. The van der Waals surface area contributed by atoms with E-state index in [1.807, 2.05) is 17.7 Å². The number of aryl methyl sites for hydroxylation is 1. The molecule has 0 unspecified atom stereocenters. The first-order valence-corrected chi connectivity index (χ1v) is 5.59. The van der Waals surface area contributed by atoms with Gasteiger partial charge in [0.1, 0.15) is 5.82 Å². The molecule has 2 aromatic rings. The molecule has 1 aromatic carbocycles. The van der Waals surface area contributed by atoms with Crippen LogP contribution < -0.4 is 0 Å². The molecule has 0 bridgehead atoms. The number of rotatable bonds is 2. The fourth-order valence-corrected chi connectivity index (χ4v) is 2.28. The van der Waals surface area contributed by atoms with Crippen molar-refractivity contribution in [2.45, 2.75) is 20.0 Å². The molecule has 0 spiro atoms. The maximum Gasteiger partial charge on any atom is 0.210 e. The highest BCUT2D eigenvalue weighted by molar-refractivity contribution is 5.52. The van der Waals surface area contributed by atoms with Gasteiger partial charge < -0.3 is 9.47 Å². The van der Waals surface area contributed by atoms with Crippen molar-refractivity contribution in [1.82, 2.24) is 14.5 Å². The van der Waals surface area contributed by atoms with Crippen molar-refractivity contribution in [2.75, 3.05) is 0 Å². The molecule has 4 nitrogen and oxygen atoms in total. The fraction of sp³-hybridized carbons (Fsp3) is 0.231. The first kappa shape index (κ1) is 10.1. The second-order valence-electron chi connectivity index (χ2n) is 4.31. The van der Waals surface area contributed by atoms with Crippen molar-refractivity contribution in [3.8, 4) is 5.69 Å². The second-order valence-corrected chi connectivity index (χ2v) is 4.31. The van der Waals surface area contributed by atoms with Crippen LogP contribution in [0.4, 0.5) is 0 Å². The summed E-state index contributed by atoms with van der Waals surface area (Å²) in [5.41, 5.74) is 3.56. The van der Waals surface area contributed by atoms with E-state index in [0.29, 0.717) is 6.54 Å². The predicted octanol–water partition coefficient (Wildman–Crippen LogP) is 1.65. The average molecular weight is 227 g/mol. The molecule has 0 saturated carbocycles. The highest BCUT2D eigenvalue weighted by Crippen LogP contribution is 2.24. The van der Waals surface area contributed by atoms with E-state index in [-0.39, 0.29) is 0 Å². The number of hydrogen-bond acceptors (Lipinski definition) is 2. The van der Waals surface area contributed by atoms with Crippen LogP contribution in [0.3, 0.4) is 0 Å². The van der Waals surface area contributed by atoms with Crippen LogP contribution in [0.5, 0.6) is 0 Å². The van der Waals surface area contributed by atoms with Gasteiger partial charge in [0.25, 0.3) is 0 Å². The normalized spacial score (nSPS) is 13.8. The van der Waals surface area contributed by atoms with Crippen molar-refractivity contribution >= 4 is 6.41 Å². The molecule has 3 rings (SSSR count). The van der Waals surface area contributed by atoms with Crippen molar-refractivity contribution in [1.29, 1.82) is 0 Å². The van der Waals surface area contributed by atoms with Crippen LogP contribution in [0.25, 0.3) is 5.69 Å². The third-order valence-electron chi connectivity index (χ3n) is 3.19. The van der Waals surface area contributed by atoms with Gasteiger partial charge in [0.15, 0.2) is 0 Å². The molecule has 1 aromatic heterocycles. The van der Waals surface area contributed by atoms with Gasteiger partial charge >= 0.3 is 0 Å². The van der Waals surface area contributed by atoms with E-state index < -0.39 is 0 Å². The number of imidazole rings is 1. The molecule has 0 fully saturated rings. The third kappa shape index (κ3) is 1.62. The molecule has 17 heavy (non-hydrogen) atoms. The van der Waals surface area contributed by atoms with E-state index in [9.17, 15) is 4.79 Å². The molecular weight excluding hydrogens is 214 g/mol. The molecule has 2 heterocycles. The lowest BCUT2D eigenvalue weighted by Gasteiger charge is -2.06. The van der Waals surface area contributed by atoms with Crippen molar-refractivity contribution < 1.29 is 4.79 Å². The fourth-order valence-electron chi connectivity index (χ4n) is 2.28. The maximum atomic E-state index is 10.8. The highest BCUT2D eigenvalue weighted by atomic mass is 16.1. The second kappa shape index (κ2) is 3.73. The van der Waals surface area contributed by atoms with Crippen LogP contribution in [0.2, 0.25) is 0 Å². The van der Waals surface area contributed by atoms with E-state index >= 15 is 0 Å². The largest absolute Gasteiger partial charge is 0.337 e. The number of carbonyl (C=O) groups is 1. The summed E-state index contributed by atoms with van der Waals surface area (Å²) in [7, 11) is 0. The van der Waals surface area contributed by atoms with Gasteiger partial charge in [-0.3, -0.25) is 4.79 Å². The van der Waals surface area contributed by atoms with Crippen LogP contribution in [0, 0.1) is 6.92 Å². The lowest BCUT2D eigenvalue weighted by Crippen LogP contribution is -2.12. The number of fused-ring (bicyclic) bond motifs is 1. The van der Waals surface area contributed by atoms with E-state index in [4.69, 9.17) is 0 Å². The molecule has 1 amide bonds. The zero-order chi connectivity index (χ0) is 11.8. The Balaban J connectivity index is 2.01. The smallest absolute Gasteiger partial charge is 0.210 e. The van der Waals surface area contributed by atoms with Crippen LogP contribution in [-0.2, 0) is 17.9 Å². The van der Waals surface area contributed by atoms with Gasteiger partial charge in [0.05, 0.1) is 0 Å². The number of benzene rings is 1. The predicted molar refractivity (Wildman–Crippen MR) is 63.6 cm³/mol. The molecule has 4 heteroatoms. The summed E-state index contributed by atoms with van der Waals surface area (Å²) in [6.45, 7) is 3.41. The van der Waals surface area contributed by atoms with Crippen LogP contribution >= 0.6 is 0 Å². The average Bonchev–Trinajstić information content (AvgIpc) is 2.93. The SMILES string of the molecule is Cc1nccn1-c1ccc2c(c1)CN(C=O)C2. The Morgan fingerprint density at radius 2 is 2.12 bits per heavy atom. The van der Waals surface area contributed by atoms with Crippen LogP contribution in [0.15, 0.2) is 30.6 Å². The number of carbonyl (C=O) groups excluding carboxylic acids is 1. The van der Waals surface area contributed by atoms with E-state index in [1.54, 1.807) is 11.1 Å². The number of nitrogens with zero attached hydrogens (tertiary/aromatic N) is 3. The summed E-state index contributed by atoms with van der Waals surface area (Å²) in [6.07, 6.45) is 4.64. The zero-order valence-electron chi connectivity index (χ0n) is 9.63. The summed E-state index contributed by atoms with van der Waals surface area (Å²) in [5, 5.41) is 0. The van der Waals surface area contributed by atoms with Gasteiger partial charge in [-0.2, -0.15) is 0 Å². The molecule has 86 valence electrons. The Labute approximate surface area is 99.5 Å². The molecule has 0 radical (unpaired) electrons. The van der Waals surface area contributed by atoms with Crippen molar-refractivity contribution in [3.63, 3.8) is 0 Å². The molecule has 1 aliphatic rings. The van der Waals surface area contributed by atoms with E-state index in [1.165, 1.54) is 11.1 Å². The van der Waals surface area contributed by atoms with Gasteiger partial charge in [-0.15, -0.1) is 0 Å². The van der Waals surface area contributed by atoms with Gasteiger partial charge in [-0.1, -0.05) is 6.07 Å². The highest BCUT2D eigenvalue weighted by Gasteiger charge is 2.17. The van der Waals surface area contributed by atoms with Crippen molar-refractivity contribution in [2.24, 2.45) is 0 Å². The third-order valence-corrected chi connectivity index (χ3v) is 3.19. The molecule has 0 aliphatic carbocycles. The summed E-state index contributed by atoms with van der Waals surface area (Å²) < 4.78 is 2.05. The topological polar surface area (TPSA) is 38.1 Å². The summed E-state index contributed by atoms with van der Waals surface area (Å²) in [6, 6.07) is 6.29. The molecule has 0 atom stereocenters. The number of aromatic nitrogens is 2. The monoisotopic (exact) mass is 227 g/mol. The lowest BCUT2D eigenvalue weighted by molar-refractivity contribution is -0.118. The van der Waals surface area contributed by atoms with Gasteiger partial charge in [-0.05, 0) is 30.2 Å². The van der Waals surface area contributed by atoms with Crippen molar-refractivity contribution in [3.05, 3.63) is 47.5 Å². The zero-order valence-corrected chi connectivity index (χ0v) is 9.63. The molecular formula is C13H13N3O. The Bertz CT molecular complexity index is 574. The Hall–Kier alpha value is -2.10. The summed E-state index contributed by atoms with van der Waals surface area (Å²) >= 11 is 0. The lowest BCUT2D eigenvalue weighted by atomic mass is 10.1. The minimum atomic E-state index is 0.709. The Kier molecular flexibility index (Phi) is 2.21. The molecule has 0 N–H and O–H groups in total. The minimum Gasteiger partial charge on any atom is -0.337 e. The minimum absolute atomic E-state index is 0.709. The van der Waals surface area contributed by atoms with E-state index in [2.05, 4.69) is 23.2 Å². The van der Waals surface area contributed by atoms with Gasteiger partial charge in [0.2, 0.25) is 6.41 Å². The molecule has 1 aliphatic heterocycles. The quantitative estimate of drug-likeness (QED) is 0.732. The molecule has 0 saturated heterocycles. The maximum absolute atomic E-state index is 10.8.